The first-order valence-electron chi connectivity index (χ1n) is 9.91. The first kappa shape index (κ1) is 27.0. The predicted octanol–water partition coefficient (Wildman–Crippen LogP) is -4.17. The highest BCUT2D eigenvalue weighted by Gasteiger charge is 2.54. The Balaban J connectivity index is 2.21. The van der Waals surface area contributed by atoms with Gasteiger partial charge in [-0.3, -0.25) is 9.59 Å². The molecule has 2 fully saturated rings. The molecule has 2 saturated heterocycles. The number of aliphatic carboxylic acids is 1. The van der Waals surface area contributed by atoms with E-state index >= 15 is 0 Å². The van der Waals surface area contributed by atoms with Gasteiger partial charge < -0.3 is 55.0 Å². The number of carboxylic acid groups (broad SMARTS) is 1. The summed E-state index contributed by atoms with van der Waals surface area (Å²) in [5.74, 6) is -5.12. The van der Waals surface area contributed by atoms with Crippen LogP contribution in [-0.4, -0.2) is 122 Å². The van der Waals surface area contributed by atoms with Crippen molar-refractivity contribution in [3.05, 3.63) is 0 Å². The van der Waals surface area contributed by atoms with Crippen LogP contribution in [-0.2, 0) is 33.4 Å². The van der Waals surface area contributed by atoms with Crippen molar-refractivity contribution in [3.63, 3.8) is 0 Å². The molecule has 1 amide bonds. The second-order valence-corrected chi connectivity index (χ2v) is 7.72. The molecule has 0 aromatic heterocycles. The molecular weight excluding hydrogens is 452 g/mol. The zero-order valence-electron chi connectivity index (χ0n) is 17.8. The number of ketones is 1. The number of hydrogen-bond acceptors (Lipinski definition) is 13. The third-order valence-electron chi connectivity index (χ3n) is 4.99. The first-order valence-corrected chi connectivity index (χ1v) is 9.91. The lowest BCUT2D eigenvalue weighted by molar-refractivity contribution is -0.320. The summed E-state index contributed by atoms with van der Waals surface area (Å²) in [5, 5.41) is 65.2. The molecule has 15 heteroatoms. The molecule has 0 spiro atoms. The fraction of sp³-hybridized carbons (Fsp3) is 0.778. The van der Waals surface area contributed by atoms with Crippen molar-refractivity contribution in [3.8, 4) is 0 Å². The van der Waals surface area contributed by atoms with Gasteiger partial charge >= 0.3 is 5.97 Å². The Morgan fingerprint density at radius 2 is 1.79 bits per heavy atom. The van der Waals surface area contributed by atoms with Crippen molar-refractivity contribution in [1.82, 2.24) is 5.32 Å². The molecule has 33 heavy (non-hydrogen) atoms. The lowest BCUT2D eigenvalue weighted by atomic mass is 9.93. The van der Waals surface area contributed by atoms with Crippen LogP contribution in [0.25, 0.3) is 0 Å². The standard InChI is InChI=1S/C18H28N2O13/c1-7(21)5-31-19-4-10-12(20-8(2)22)9(23)3-18(33-10,17(28)29)30-6-11-13(24)14(25)15(26)16(27)32-11/h4,9-16,23-27H,3,5-6H2,1-2H3,(H,20,22)(H,28,29)/b19-4+. The van der Waals surface area contributed by atoms with E-state index in [0.717, 1.165) is 13.1 Å². The maximum Gasteiger partial charge on any atom is 0.364 e. The van der Waals surface area contributed by atoms with E-state index in [1.54, 1.807) is 0 Å². The van der Waals surface area contributed by atoms with Crippen LogP contribution in [0.15, 0.2) is 5.16 Å². The zero-order valence-corrected chi connectivity index (χ0v) is 17.8. The summed E-state index contributed by atoms with van der Waals surface area (Å²) in [5.41, 5.74) is 0. The molecule has 9 atom stereocenters. The molecule has 2 aliphatic heterocycles. The number of carboxylic acids is 1. The number of aliphatic hydroxyl groups is 5. The van der Waals surface area contributed by atoms with Crippen molar-refractivity contribution < 1.29 is 64.1 Å². The highest BCUT2D eigenvalue weighted by atomic mass is 16.7. The average Bonchev–Trinajstić information content (AvgIpc) is 2.73. The number of nitrogens with one attached hydrogen (secondary N) is 1. The molecule has 0 aliphatic carbocycles. The smallest absolute Gasteiger partial charge is 0.364 e. The van der Waals surface area contributed by atoms with Crippen LogP contribution in [0.5, 0.6) is 0 Å². The Hall–Kier alpha value is -2.24. The lowest BCUT2D eigenvalue weighted by Gasteiger charge is -2.44. The van der Waals surface area contributed by atoms with E-state index in [2.05, 4.69) is 10.5 Å². The van der Waals surface area contributed by atoms with E-state index in [-0.39, 0.29) is 12.4 Å². The molecule has 2 rings (SSSR count). The number of Topliss-reactive ketones (excluding diaryl/α,β-unsaturated/α-hetero) is 1. The van der Waals surface area contributed by atoms with E-state index in [1.165, 1.54) is 6.92 Å². The van der Waals surface area contributed by atoms with Crippen LogP contribution in [0.4, 0.5) is 0 Å². The minimum atomic E-state index is -2.53. The highest BCUT2D eigenvalue weighted by molar-refractivity contribution is 5.79. The molecule has 0 bridgehead atoms. The van der Waals surface area contributed by atoms with Crippen molar-refractivity contribution >= 4 is 23.9 Å². The van der Waals surface area contributed by atoms with Crippen molar-refractivity contribution in [2.75, 3.05) is 13.2 Å². The van der Waals surface area contributed by atoms with Gasteiger partial charge in [-0.25, -0.2) is 4.79 Å². The highest BCUT2D eigenvalue weighted by Crippen LogP contribution is 2.32. The van der Waals surface area contributed by atoms with Gasteiger partial charge in [0, 0.05) is 13.3 Å². The van der Waals surface area contributed by atoms with Crippen molar-refractivity contribution in [2.24, 2.45) is 5.16 Å². The normalized spacial score (nSPS) is 39.2. The maximum absolute atomic E-state index is 12.0. The largest absolute Gasteiger partial charge is 0.477 e. The van der Waals surface area contributed by atoms with Gasteiger partial charge in [-0.2, -0.15) is 0 Å². The topological polar surface area (TPSA) is 234 Å². The van der Waals surface area contributed by atoms with Gasteiger partial charge in [0.05, 0.1) is 25.0 Å². The van der Waals surface area contributed by atoms with Crippen LogP contribution in [0.2, 0.25) is 0 Å². The summed E-state index contributed by atoms with van der Waals surface area (Å²) in [6, 6.07) is -1.15. The minimum Gasteiger partial charge on any atom is -0.477 e. The summed E-state index contributed by atoms with van der Waals surface area (Å²) >= 11 is 0. The van der Waals surface area contributed by atoms with Gasteiger partial charge in [-0.1, -0.05) is 5.16 Å². The Bertz CT molecular complexity index is 749. The molecule has 9 unspecified atom stereocenters. The number of rotatable bonds is 9. The average molecular weight is 480 g/mol. The number of ether oxygens (including phenoxy) is 3. The maximum atomic E-state index is 12.0. The van der Waals surface area contributed by atoms with Gasteiger partial charge in [0.15, 0.2) is 18.7 Å². The van der Waals surface area contributed by atoms with Crippen molar-refractivity contribution in [2.45, 2.75) is 75.0 Å². The quantitative estimate of drug-likeness (QED) is 0.123. The number of amides is 1. The van der Waals surface area contributed by atoms with Crippen molar-refractivity contribution in [1.29, 1.82) is 0 Å². The molecule has 0 aromatic carbocycles. The molecule has 0 radical (unpaired) electrons. The Morgan fingerprint density at radius 3 is 2.36 bits per heavy atom. The lowest BCUT2D eigenvalue weighted by Crippen LogP contribution is -2.65. The first-order chi connectivity index (χ1) is 15.4. The SMILES string of the molecule is CC(=O)CO/N=C/C1OC(OCC2OC(O)C(O)C(O)C2O)(C(=O)O)CC(O)C1NC(C)=O. The summed E-state index contributed by atoms with van der Waals surface area (Å²) < 4.78 is 15.8. The molecule has 15 nitrogen and oxygen atoms in total. The van der Waals surface area contributed by atoms with E-state index < -0.39 is 79.6 Å². The number of carbonyl (C=O) groups is 3. The van der Waals surface area contributed by atoms with E-state index in [4.69, 9.17) is 19.0 Å². The number of oxime groups is 1. The molecule has 7 N–H and O–H groups in total. The Kier molecular flexibility index (Phi) is 9.21. The van der Waals surface area contributed by atoms with Crippen LogP contribution >= 0.6 is 0 Å². The van der Waals surface area contributed by atoms with Gasteiger partial charge in [-0.15, -0.1) is 0 Å². The Labute approximate surface area is 187 Å². The van der Waals surface area contributed by atoms with Crippen LogP contribution < -0.4 is 5.32 Å². The molecule has 0 saturated carbocycles. The van der Waals surface area contributed by atoms with E-state index in [0.29, 0.717) is 0 Å². The third-order valence-corrected chi connectivity index (χ3v) is 4.99. The molecule has 2 heterocycles. The second-order valence-electron chi connectivity index (χ2n) is 7.72. The molecular formula is C18H28N2O13. The minimum absolute atomic E-state index is 0.348. The third kappa shape index (κ3) is 6.64. The van der Waals surface area contributed by atoms with Gasteiger partial charge in [0.2, 0.25) is 5.91 Å². The number of aliphatic hydroxyl groups excluding tert-OH is 5. The van der Waals surface area contributed by atoms with Crippen LogP contribution in [0, 0.1) is 0 Å². The van der Waals surface area contributed by atoms with Gasteiger partial charge in [0.1, 0.15) is 30.5 Å². The number of hydrogen-bond donors (Lipinski definition) is 7. The monoisotopic (exact) mass is 480 g/mol. The fourth-order valence-corrected chi connectivity index (χ4v) is 3.31. The summed E-state index contributed by atoms with van der Waals surface area (Å²) in [4.78, 5) is 39.3. The number of carbonyl (C=O) groups excluding carboxylic acids is 2. The zero-order chi connectivity index (χ0) is 24.9. The van der Waals surface area contributed by atoms with Gasteiger partial charge in [0.25, 0.3) is 5.79 Å². The summed E-state index contributed by atoms with van der Waals surface area (Å²) in [6.45, 7) is 1.28. The van der Waals surface area contributed by atoms with E-state index in [1.807, 2.05) is 0 Å². The predicted molar refractivity (Wildman–Crippen MR) is 103 cm³/mol. The Morgan fingerprint density at radius 1 is 1.12 bits per heavy atom. The van der Waals surface area contributed by atoms with Crippen LogP contribution in [0.3, 0.4) is 0 Å². The van der Waals surface area contributed by atoms with Crippen LogP contribution in [0.1, 0.15) is 20.3 Å². The molecule has 2 aliphatic rings. The molecule has 188 valence electrons. The van der Waals surface area contributed by atoms with E-state index in [9.17, 15) is 45.0 Å². The summed E-state index contributed by atoms with van der Waals surface area (Å²) in [7, 11) is 0. The second kappa shape index (κ2) is 11.3. The number of nitrogens with zero attached hydrogens (tertiary/aromatic N) is 1. The molecule has 0 aromatic rings. The summed E-state index contributed by atoms with van der Waals surface area (Å²) in [6.07, 6.45) is -11.3. The van der Waals surface area contributed by atoms with Gasteiger partial charge in [-0.05, 0) is 6.92 Å². The fourth-order valence-electron chi connectivity index (χ4n) is 3.31.